The van der Waals surface area contributed by atoms with Crippen molar-refractivity contribution in [1.82, 2.24) is 10.3 Å². The van der Waals surface area contributed by atoms with E-state index in [0.29, 0.717) is 5.56 Å². The molecule has 0 radical (unpaired) electrons. The van der Waals surface area contributed by atoms with Gasteiger partial charge in [0.25, 0.3) is 0 Å². The summed E-state index contributed by atoms with van der Waals surface area (Å²) in [7, 11) is 0. The van der Waals surface area contributed by atoms with Crippen molar-refractivity contribution >= 4 is 11.3 Å². The van der Waals surface area contributed by atoms with Gasteiger partial charge in [-0.15, -0.1) is 11.3 Å². The van der Waals surface area contributed by atoms with Gasteiger partial charge in [0.15, 0.2) is 0 Å². The van der Waals surface area contributed by atoms with Gasteiger partial charge in [-0.1, -0.05) is 6.07 Å². The molecule has 2 aromatic rings. The summed E-state index contributed by atoms with van der Waals surface area (Å²) in [6.07, 6.45) is 0. The van der Waals surface area contributed by atoms with E-state index < -0.39 is 11.6 Å². The highest BCUT2D eigenvalue weighted by molar-refractivity contribution is 7.11. The average molecular weight is 296 g/mol. The number of halogens is 2. The van der Waals surface area contributed by atoms with Crippen molar-refractivity contribution in [3.8, 4) is 0 Å². The van der Waals surface area contributed by atoms with E-state index in [-0.39, 0.29) is 12.1 Å². The number of nitrogens with one attached hydrogen (secondary N) is 1. The van der Waals surface area contributed by atoms with Crippen molar-refractivity contribution in [2.24, 2.45) is 0 Å². The van der Waals surface area contributed by atoms with Crippen LogP contribution in [0.5, 0.6) is 0 Å². The fourth-order valence-electron chi connectivity index (χ4n) is 2.34. The SMILES string of the molecule is Cc1nc(C(C)NC(C)c2ccc(F)cc2F)c(C)s1. The van der Waals surface area contributed by atoms with Crippen LogP contribution in [0.4, 0.5) is 8.78 Å². The summed E-state index contributed by atoms with van der Waals surface area (Å²) in [6.45, 7) is 7.86. The van der Waals surface area contributed by atoms with Crippen LogP contribution in [0, 0.1) is 25.5 Å². The minimum atomic E-state index is -0.558. The summed E-state index contributed by atoms with van der Waals surface area (Å²) in [5, 5.41) is 4.33. The highest BCUT2D eigenvalue weighted by Crippen LogP contribution is 2.26. The van der Waals surface area contributed by atoms with Crippen LogP contribution in [-0.2, 0) is 0 Å². The third-order valence-corrected chi connectivity index (χ3v) is 4.18. The number of aromatic nitrogens is 1. The quantitative estimate of drug-likeness (QED) is 0.901. The lowest BCUT2D eigenvalue weighted by Crippen LogP contribution is -2.24. The smallest absolute Gasteiger partial charge is 0.130 e. The van der Waals surface area contributed by atoms with Crippen molar-refractivity contribution in [3.05, 3.63) is 51.0 Å². The monoisotopic (exact) mass is 296 g/mol. The van der Waals surface area contributed by atoms with E-state index in [0.717, 1.165) is 21.6 Å². The second-order valence-corrected chi connectivity index (χ2v) is 6.36. The maximum atomic E-state index is 13.7. The summed E-state index contributed by atoms with van der Waals surface area (Å²) >= 11 is 1.65. The summed E-state index contributed by atoms with van der Waals surface area (Å²) in [6, 6.07) is 3.47. The summed E-state index contributed by atoms with van der Waals surface area (Å²) in [5.41, 5.74) is 1.45. The number of benzene rings is 1. The van der Waals surface area contributed by atoms with Crippen LogP contribution >= 0.6 is 11.3 Å². The Labute approximate surface area is 121 Å². The Morgan fingerprint density at radius 2 is 1.85 bits per heavy atom. The molecular formula is C15H18F2N2S. The molecule has 2 rings (SSSR count). The molecule has 1 N–H and O–H groups in total. The van der Waals surface area contributed by atoms with E-state index in [1.165, 1.54) is 12.1 Å². The lowest BCUT2D eigenvalue weighted by molar-refractivity contribution is 0.464. The Balaban J connectivity index is 2.14. The van der Waals surface area contributed by atoms with Crippen LogP contribution < -0.4 is 5.32 Å². The van der Waals surface area contributed by atoms with Gasteiger partial charge in [-0.2, -0.15) is 0 Å². The highest BCUT2D eigenvalue weighted by Gasteiger charge is 2.18. The molecule has 2 atom stereocenters. The van der Waals surface area contributed by atoms with Crippen molar-refractivity contribution in [1.29, 1.82) is 0 Å². The van der Waals surface area contributed by atoms with Gasteiger partial charge in [0.2, 0.25) is 0 Å². The van der Waals surface area contributed by atoms with Gasteiger partial charge in [-0.3, -0.25) is 0 Å². The number of aryl methyl sites for hydroxylation is 2. The topological polar surface area (TPSA) is 24.9 Å². The number of thiazole rings is 1. The third-order valence-electron chi connectivity index (χ3n) is 3.28. The van der Waals surface area contributed by atoms with Crippen LogP contribution in [-0.4, -0.2) is 4.98 Å². The number of rotatable bonds is 4. The normalized spacial score (nSPS) is 14.3. The standard InChI is InChI=1S/C15H18F2N2S/c1-8(13-6-5-12(16)7-14(13)17)18-9(2)15-10(3)20-11(4)19-15/h5-9,18H,1-4H3. The van der Waals surface area contributed by atoms with Crippen molar-refractivity contribution in [3.63, 3.8) is 0 Å². The first-order valence-electron chi connectivity index (χ1n) is 6.53. The van der Waals surface area contributed by atoms with Gasteiger partial charge < -0.3 is 5.32 Å². The van der Waals surface area contributed by atoms with E-state index >= 15 is 0 Å². The van der Waals surface area contributed by atoms with Gasteiger partial charge in [-0.05, 0) is 33.8 Å². The van der Waals surface area contributed by atoms with Crippen molar-refractivity contribution in [2.45, 2.75) is 39.8 Å². The van der Waals surface area contributed by atoms with E-state index in [1.54, 1.807) is 11.3 Å². The fraction of sp³-hybridized carbons (Fsp3) is 0.400. The number of hydrogen-bond acceptors (Lipinski definition) is 3. The van der Waals surface area contributed by atoms with Crippen molar-refractivity contribution in [2.75, 3.05) is 0 Å². The molecule has 0 saturated carbocycles. The Hall–Kier alpha value is -1.33. The lowest BCUT2D eigenvalue weighted by atomic mass is 10.1. The Morgan fingerprint density at radius 1 is 1.15 bits per heavy atom. The first-order chi connectivity index (χ1) is 9.38. The van der Waals surface area contributed by atoms with Gasteiger partial charge in [0.05, 0.1) is 10.7 Å². The molecule has 1 heterocycles. The number of nitrogens with zero attached hydrogens (tertiary/aromatic N) is 1. The molecule has 0 bridgehead atoms. The fourth-order valence-corrected chi connectivity index (χ4v) is 3.26. The average Bonchev–Trinajstić information content (AvgIpc) is 2.68. The molecule has 0 fully saturated rings. The maximum absolute atomic E-state index is 13.7. The maximum Gasteiger partial charge on any atom is 0.130 e. The molecule has 20 heavy (non-hydrogen) atoms. The molecule has 0 amide bonds. The van der Waals surface area contributed by atoms with E-state index in [9.17, 15) is 8.78 Å². The minimum Gasteiger partial charge on any atom is -0.302 e. The van der Waals surface area contributed by atoms with E-state index in [1.807, 2.05) is 27.7 Å². The minimum absolute atomic E-state index is 0.0133. The molecule has 2 unspecified atom stereocenters. The molecule has 5 heteroatoms. The zero-order valence-corrected chi connectivity index (χ0v) is 12.8. The molecule has 0 aliphatic carbocycles. The molecular weight excluding hydrogens is 278 g/mol. The van der Waals surface area contributed by atoms with Crippen LogP contribution in [0.25, 0.3) is 0 Å². The molecule has 0 saturated heterocycles. The largest absolute Gasteiger partial charge is 0.302 e. The number of hydrogen-bond donors (Lipinski definition) is 1. The Bertz CT molecular complexity index is 610. The van der Waals surface area contributed by atoms with Crippen LogP contribution in [0.2, 0.25) is 0 Å². The van der Waals surface area contributed by atoms with Crippen LogP contribution in [0.15, 0.2) is 18.2 Å². The van der Waals surface area contributed by atoms with E-state index in [2.05, 4.69) is 10.3 Å². The summed E-state index contributed by atoms with van der Waals surface area (Å²) < 4.78 is 26.7. The second kappa shape index (κ2) is 5.97. The summed E-state index contributed by atoms with van der Waals surface area (Å²) in [5.74, 6) is -1.08. The summed E-state index contributed by atoms with van der Waals surface area (Å²) in [4.78, 5) is 5.66. The van der Waals surface area contributed by atoms with Gasteiger partial charge in [0.1, 0.15) is 11.6 Å². The van der Waals surface area contributed by atoms with Gasteiger partial charge >= 0.3 is 0 Å². The lowest BCUT2D eigenvalue weighted by Gasteiger charge is -2.20. The molecule has 2 nitrogen and oxygen atoms in total. The predicted molar refractivity (Wildman–Crippen MR) is 77.9 cm³/mol. The molecule has 0 spiro atoms. The van der Waals surface area contributed by atoms with Gasteiger partial charge in [-0.25, -0.2) is 13.8 Å². The zero-order chi connectivity index (χ0) is 14.9. The Kier molecular flexibility index (Phi) is 4.50. The Morgan fingerprint density at radius 3 is 2.40 bits per heavy atom. The molecule has 0 aliphatic rings. The molecule has 108 valence electrons. The zero-order valence-electron chi connectivity index (χ0n) is 12.0. The molecule has 1 aromatic heterocycles. The van der Waals surface area contributed by atoms with Gasteiger partial charge in [0, 0.05) is 28.6 Å². The van der Waals surface area contributed by atoms with E-state index in [4.69, 9.17) is 0 Å². The van der Waals surface area contributed by atoms with Crippen LogP contribution in [0.1, 0.15) is 47.1 Å². The first-order valence-corrected chi connectivity index (χ1v) is 7.35. The second-order valence-electron chi connectivity index (χ2n) is 4.95. The predicted octanol–water partition coefficient (Wildman–Crippen LogP) is 4.45. The molecule has 1 aromatic carbocycles. The third kappa shape index (κ3) is 3.22. The van der Waals surface area contributed by atoms with Crippen LogP contribution in [0.3, 0.4) is 0 Å². The van der Waals surface area contributed by atoms with Crippen molar-refractivity contribution < 1.29 is 8.78 Å². The first kappa shape index (κ1) is 15.1. The highest BCUT2D eigenvalue weighted by atomic mass is 32.1. The molecule has 0 aliphatic heterocycles.